The van der Waals surface area contributed by atoms with E-state index in [2.05, 4.69) is 20.4 Å². The summed E-state index contributed by atoms with van der Waals surface area (Å²) in [6.45, 7) is -0.566. The lowest BCUT2D eigenvalue weighted by Crippen LogP contribution is -2.64. The standard InChI is InChI=1S/C28H23N5O7S/c1-38-26(36)20-15-41-27(31-20)32-24(35)21(11-18-7-9-19(13-29)10-8-18)33(23(34)14-30-28(33)37)25-22(39-16-40-25)12-17-5-3-2-4-6-17/h2-10,15,21H,11-12,14,16H2,1H3,(H-,30,31,32,35,37)/p+1/t21-,33?/m0/s1. The van der Waals surface area contributed by atoms with Gasteiger partial charge in [-0.3, -0.25) is 15.4 Å². The summed E-state index contributed by atoms with van der Waals surface area (Å²) in [4.78, 5) is 57.4. The number of urea groups is 1. The lowest BCUT2D eigenvalue weighted by molar-refractivity contribution is -0.763. The minimum Gasteiger partial charge on any atom is -0.464 e. The number of imide groups is 1. The van der Waals surface area contributed by atoms with Gasteiger partial charge in [0.2, 0.25) is 12.6 Å². The van der Waals surface area contributed by atoms with Gasteiger partial charge in [-0.15, -0.1) is 11.3 Å². The Morgan fingerprint density at radius 2 is 1.90 bits per heavy atom. The van der Waals surface area contributed by atoms with Crippen LogP contribution in [0.3, 0.4) is 0 Å². The Balaban J connectivity index is 1.60. The number of hydrogen-bond acceptors (Lipinski definition) is 10. The Morgan fingerprint density at radius 1 is 1.15 bits per heavy atom. The summed E-state index contributed by atoms with van der Waals surface area (Å²) < 4.78 is 15.2. The van der Waals surface area contributed by atoms with E-state index < -0.39 is 34.3 Å². The number of nitrogens with zero attached hydrogens (tertiary/aromatic N) is 3. The second kappa shape index (κ2) is 11.6. The molecule has 2 atom stereocenters. The number of aromatic nitrogens is 1. The van der Waals surface area contributed by atoms with E-state index in [-0.39, 0.29) is 48.6 Å². The first-order valence-corrected chi connectivity index (χ1v) is 13.3. The number of amides is 4. The highest BCUT2D eigenvalue weighted by atomic mass is 32.1. The summed E-state index contributed by atoms with van der Waals surface area (Å²) in [5.74, 6) is -1.82. The number of methoxy groups -OCH3 is 1. The van der Waals surface area contributed by atoms with E-state index in [4.69, 9.17) is 9.47 Å². The Kier molecular flexibility index (Phi) is 7.77. The van der Waals surface area contributed by atoms with Gasteiger partial charge in [-0.2, -0.15) is 5.26 Å². The number of hydrogen-bond donors (Lipinski definition) is 2. The number of esters is 1. The highest BCUT2D eigenvalue weighted by molar-refractivity contribution is 7.14. The van der Waals surface area contributed by atoms with Crippen molar-refractivity contribution in [2.24, 2.45) is 0 Å². The van der Waals surface area contributed by atoms with Gasteiger partial charge < -0.3 is 14.2 Å². The maximum absolute atomic E-state index is 14.0. The number of carbonyl (C=O) groups is 4. The summed E-state index contributed by atoms with van der Waals surface area (Å²) in [6.07, 6.45) is 0.133. The van der Waals surface area contributed by atoms with Gasteiger partial charge >= 0.3 is 23.8 Å². The van der Waals surface area contributed by atoms with Gasteiger partial charge in [0.15, 0.2) is 16.9 Å². The highest BCUT2D eigenvalue weighted by Crippen LogP contribution is 2.37. The molecule has 2 N–H and O–H groups in total. The van der Waals surface area contributed by atoms with Gasteiger partial charge in [0, 0.05) is 18.2 Å². The number of carbonyl (C=O) groups excluding carboxylic acids is 4. The van der Waals surface area contributed by atoms with Crippen LogP contribution < -0.4 is 10.6 Å². The van der Waals surface area contributed by atoms with Crippen molar-refractivity contribution in [1.82, 2.24) is 10.3 Å². The van der Waals surface area contributed by atoms with Crippen molar-refractivity contribution >= 4 is 40.3 Å². The highest BCUT2D eigenvalue weighted by Gasteiger charge is 2.64. The van der Waals surface area contributed by atoms with E-state index in [1.54, 1.807) is 24.3 Å². The first kappa shape index (κ1) is 27.5. The smallest absolute Gasteiger partial charge is 0.433 e. The fourth-order valence-corrected chi connectivity index (χ4v) is 5.43. The number of quaternary nitrogens is 1. The van der Waals surface area contributed by atoms with Crippen molar-refractivity contribution in [3.05, 3.63) is 94.0 Å². The summed E-state index contributed by atoms with van der Waals surface area (Å²) in [5, 5.41) is 15.9. The molecule has 1 fully saturated rings. The number of ether oxygens (including phenoxy) is 3. The molecule has 1 unspecified atom stereocenters. The number of benzene rings is 2. The Morgan fingerprint density at radius 3 is 2.56 bits per heavy atom. The van der Waals surface area contributed by atoms with Gasteiger partial charge in [-0.1, -0.05) is 46.9 Å². The molecule has 0 saturated carbocycles. The van der Waals surface area contributed by atoms with Crippen LogP contribution >= 0.6 is 11.3 Å². The molecule has 12 nitrogen and oxygen atoms in total. The first-order chi connectivity index (χ1) is 19.9. The molecular weight excluding hydrogens is 550 g/mol. The zero-order valence-electron chi connectivity index (χ0n) is 21.8. The lowest BCUT2D eigenvalue weighted by Gasteiger charge is -2.33. The molecule has 13 heteroatoms. The van der Waals surface area contributed by atoms with Crippen LogP contribution in [0.25, 0.3) is 0 Å². The Bertz CT molecular complexity index is 1560. The SMILES string of the molecule is COC(=O)c1csc(NC(=O)[C@H](Cc2ccc(C#N)cc2)[N+]2(C3=C(Cc4ccccc4)OCO3)C(=O)CNC2=O)n1. The largest absolute Gasteiger partial charge is 0.464 e. The molecule has 3 aromatic rings. The van der Waals surface area contributed by atoms with Crippen molar-refractivity contribution in [3.8, 4) is 6.07 Å². The number of allylic oxidation sites excluding steroid dienone is 1. The van der Waals surface area contributed by atoms with E-state index >= 15 is 0 Å². The number of nitrogens with one attached hydrogen (secondary N) is 2. The van der Waals surface area contributed by atoms with Gasteiger partial charge in [-0.25, -0.2) is 19.4 Å². The summed E-state index contributed by atoms with van der Waals surface area (Å²) in [5.41, 5.74) is 1.84. The van der Waals surface area contributed by atoms with Crippen molar-refractivity contribution in [2.75, 3.05) is 25.8 Å². The molecule has 0 aliphatic carbocycles. The quantitative estimate of drug-likeness (QED) is 0.223. The van der Waals surface area contributed by atoms with Crippen molar-refractivity contribution in [3.63, 3.8) is 0 Å². The summed E-state index contributed by atoms with van der Waals surface area (Å²) in [6, 6.07) is 15.7. The third-order valence-electron chi connectivity index (χ3n) is 6.71. The van der Waals surface area contributed by atoms with E-state index in [1.165, 1.54) is 12.5 Å². The molecule has 2 aliphatic heterocycles. The van der Waals surface area contributed by atoms with Crippen LogP contribution in [0, 0.1) is 11.3 Å². The predicted octanol–water partition coefficient (Wildman–Crippen LogP) is 2.83. The first-order valence-electron chi connectivity index (χ1n) is 12.4. The molecule has 1 saturated heterocycles. The molecule has 41 heavy (non-hydrogen) atoms. The second-order valence-electron chi connectivity index (χ2n) is 9.12. The number of nitriles is 1. The Hall–Kier alpha value is -5.06. The normalized spacial score (nSPS) is 18.6. The molecule has 208 valence electrons. The Labute approximate surface area is 238 Å². The maximum Gasteiger partial charge on any atom is 0.433 e. The molecule has 0 radical (unpaired) electrons. The molecule has 5 rings (SSSR count). The second-order valence-corrected chi connectivity index (χ2v) is 9.98. The summed E-state index contributed by atoms with van der Waals surface area (Å²) >= 11 is 0.988. The lowest BCUT2D eigenvalue weighted by atomic mass is 10.00. The fourth-order valence-electron chi connectivity index (χ4n) is 4.74. The number of rotatable bonds is 9. The molecule has 2 aromatic carbocycles. The molecular formula is C28H24N5O7S+. The summed E-state index contributed by atoms with van der Waals surface area (Å²) in [7, 11) is 1.21. The molecule has 2 aliphatic rings. The average molecular weight is 575 g/mol. The van der Waals surface area contributed by atoms with E-state index in [0.717, 1.165) is 16.9 Å². The van der Waals surface area contributed by atoms with Crippen LogP contribution in [0.15, 0.2) is 71.6 Å². The maximum atomic E-state index is 14.0. The van der Waals surface area contributed by atoms with Gasteiger partial charge in [0.05, 0.1) is 18.7 Å². The van der Waals surface area contributed by atoms with E-state index in [1.807, 2.05) is 36.4 Å². The average Bonchev–Trinajstić information content (AvgIpc) is 3.72. The van der Waals surface area contributed by atoms with Crippen molar-refractivity contribution in [2.45, 2.75) is 18.9 Å². The van der Waals surface area contributed by atoms with Crippen LogP contribution in [0.4, 0.5) is 9.93 Å². The third-order valence-corrected chi connectivity index (χ3v) is 7.47. The fraction of sp³-hybridized carbons (Fsp3) is 0.214. The molecule has 0 spiro atoms. The zero-order valence-corrected chi connectivity index (χ0v) is 22.6. The van der Waals surface area contributed by atoms with Crippen LogP contribution in [0.1, 0.15) is 27.2 Å². The third kappa shape index (κ3) is 5.25. The molecule has 4 amide bonds. The number of thiazole rings is 1. The number of anilines is 1. The van der Waals surface area contributed by atoms with Crippen molar-refractivity contribution < 1.29 is 37.9 Å². The van der Waals surface area contributed by atoms with Crippen molar-refractivity contribution in [1.29, 1.82) is 5.26 Å². The van der Waals surface area contributed by atoms with E-state index in [0.29, 0.717) is 11.1 Å². The van der Waals surface area contributed by atoms with Gasteiger partial charge in [-0.05, 0) is 23.3 Å². The van der Waals surface area contributed by atoms with Crippen LogP contribution in [0.2, 0.25) is 0 Å². The van der Waals surface area contributed by atoms with Crippen LogP contribution in [-0.4, -0.2) is 59.8 Å². The van der Waals surface area contributed by atoms with Crippen LogP contribution in [0.5, 0.6) is 0 Å². The zero-order chi connectivity index (χ0) is 29.0. The topological polar surface area (TPSA) is 157 Å². The molecule has 0 bridgehead atoms. The van der Waals surface area contributed by atoms with Gasteiger partial charge in [0.1, 0.15) is 6.54 Å². The minimum atomic E-state index is -1.37. The molecule has 3 heterocycles. The van der Waals surface area contributed by atoms with Gasteiger partial charge in [0.25, 0.3) is 5.91 Å². The van der Waals surface area contributed by atoms with Crippen LogP contribution in [-0.2, 0) is 36.6 Å². The minimum absolute atomic E-state index is 0.00397. The monoisotopic (exact) mass is 574 g/mol. The van der Waals surface area contributed by atoms with E-state index in [9.17, 15) is 24.4 Å². The predicted molar refractivity (Wildman–Crippen MR) is 144 cm³/mol. The molecule has 1 aromatic heterocycles.